The molecule has 1 aromatic carbocycles. The van der Waals surface area contributed by atoms with Gasteiger partial charge in [-0.3, -0.25) is 9.59 Å². The summed E-state index contributed by atoms with van der Waals surface area (Å²) >= 11 is 1.41. The minimum atomic E-state index is -0.963. The van der Waals surface area contributed by atoms with Crippen LogP contribution in [0, 0.1) is 24.7 Å². The van der Waals surface area contributed by atoms with Gasteiger partial charge in [-0.05, 0) is 37.7 Å². The number of carboxylic acid groups (broad SMARTS) is 1. The van der Waals surface area contributed by atoms with E-state index in [4.69, 9.17) is 4.74 Å². The maximum absolute atomic E-state index is 12.8. The zero-order valence-electron chi connectivity index (χ0n) is 16.8. The molecule has 0 radical (unpaired) electrons. The fraction of sp³-hybridized carbons (Fsp3) is 0.500. The quantitative estimate of drug-likeness (QED) is 0.742. The first kappa shape index (κ1) is 20.0. The van der Waals surface area contributed by atoms with Crippen LogP contribution in [0.3, 0.4) is 0 Å². The van der Waals surface area contributed by atoms with Crippen molar-refractivity contribution in [2.24, 2.45) is 17.8 Å². The molecule has 0 unspecified atom stereocenters. The monoisotopic (exact) mass is 414 g/mol. The number of fused-ring (bicyclic) bond motifs is 2. The molecule has 1 amide bonds. The van der Waals surface area contributed by atoms with Crippen molar-refractivity contribution in [3.8, 4) is 11.3 Å². The fourth-order valence-electron chi connectivity index (χ4n) is 4.50. The highest BCUT2D eigenvalue weighted by molar-refractivity contribution is 7.16. The summed E-state index contributed by atoms with van der Waals surface area (Å²) in [6.45, 7) is 6.37. The number of rotatable bonds is 6. The van der Waals surface area contributed by atoms with Crippen LogP contribution in [0.2, 0.25) is 0 Å². The lowest BCUT2D eigenvalue weighted by Gasteiger charge is -2.23. The first-order valence-electron chi connectivity index (χ1n) is 10.1. The highest BCUT2D eigenvalue weighted by Gasteiger charge is 2.55. The highest BCUT2D eigenvalue weighted by Crippen LogP contribution is 2.44. The predicted octanol–water partition coefficient (Wildman–Crippen LogP) is 4.13. The van der Waals surface area contributed by atoms with Crippen LogP contribution < -0.4 is 5.32 Å². The van der Waals surface area contributed by atoms with Gasteiger partial charge in [0.25, 0.3) is 0 Å². The molecule has 4 atom stereocenters. The van der Waals surface area contributed by atoms with Crippen LogP contribution >= 0.6 is 11.3 Å². The first-order chi connectivity index (χ1) is 13.8. The maximum Gasteiger partial charge on any atom is 0.310 e. The first-order valence-corrected chi connectivity index (χ1v) is 10.9. The third kappa shape index (κ3) is 3.94. The van der Waals surface area contributed by atoms with E-state index in [1.165, 1.54) is 16.9 Å². The van der Waals surface area contributed by atoms with Gasteiger partial charge in [-0.15, -0.1) is 11.3 Å². The van der Waals surface area contributed by atoms with Crippen molar-refractivity contribution in [2.75, 3.05) is 5.32 Å². The zero-order valence-corrected chi connectivity index (χ0v) is 17.7. The van der Waals surface area contributed by atoms with E-state index in [0.717, 1.165) is 29.0 Å². The molecule has 0 aliphatic carbocycles. The summed E-state index contributed by atoms with van der Waals surface area (Å²) in [5.41, 5.74) is 3.15. The summed E-state index contributed by atoms with van der Waals surface area (Å²) in [5, 5.41) is 12.9. The van der Waals surface area contributed by atoms with Crippen molar-refractivity contribution in [3.63, 3.8) is 0 Å². The Hall–Kier alpha value is -2.25. The van der Waals surface area contributed by atoms with E-state index in [9.17, 15) is 14.7 Å². The Morgan fingerprint density at radius 3 is 2.48 bits per heavy atom. The van der Waals surface area contributed by atoms with Crippen LogP contribution in [0.25, 0.3) is 11.3 Å². The molecule has 6 nitrogen and oxygen atoms in total. The Balaban J connectivity index is 1.49. The Morgan fingerprint density at radius 2 is 1.86 bits per heavy atom. The molecule has 2 aliphatic rings. The van der Waals surface area contributed by atoms with Crippen molar-refractivity contribution in [1.82, 2.24) is 4.98 Å². The molecule has 4 rings (SSSR count). The van der Waals surface area contributed by atoms with Crippen molar-refractivity contribution in [2.45, 2.75) is 52.2 Å². The summed E-state index contributed by atoms with van der Waals surface area (Å²) in [4.78, 5) is 30.1. The number of aliphatic carboxylic acids is 1. The number of hydrogen-bond acceptors (Lipinski definition) is 5. The number of carboxylic acids is 1. The van der Waals surface area contributed by atoms with Gasteiger partial charge in [-0.1, -0.05) is 38.1 Å². The third-order valence-corrected chi connectivity index (χ3v) is 6.65. The molecule has 2 bridgehead atoms. The van der Waals surface area contributed by atoms with E-state index >= 15 is 0 Å². The topological polar surface area (TPSA) is 88.5 Å². The number of nitrogens with zero attached hydrogens (tertiary/aromatic N) is 1. The molecule has 29 heavy (non-hydrogen) atoms. The number of aryl methyl sites for hydroxylation is 1. The van der Waals surface area contributed by atoms with Gasteiger partial charge in [0.1, 0.15) is 0 Å². The van der Waals surface area contributed by atoms with Crippen molar-refractivity contribution in [1.29, 1.82) is 0 Å². The van der Waals surface area contributed by atoms with E-state index in [0.29, 0.717) is 17.5 Å². The predicted molar refractivity (Wildman–Crippen MR) is 112 cm³/mol. The zero-order chi connectivity index (χ0) is 20.7. The molecule has 1 aromatic heterocycles. The lowest BCUT2D eigenvalue weighted by molar-refractivity contribution is -0.147. The SMILES string of the molecule is Cc1sc(NC(=O)[C@H]2[C@H](C(=O)O)[C@H]3CC[C@H]2O3)nc1-c1ccc(CC(C)C)cc1. The van der Waals surface area contributed by atoms with Crippen LogP contribution in [0.4, 0.5) is 5.13 Å². The number of nitrogens with one attached hydrogen (secondary N) is 1. The molecule has 2 fully saturated rings. The van der Waals surface area contributed by atoms with Crippen LogP contribution in [0.5, 0.6) is 0 Å². The van der Waals surface area contributed by atoms with Gasteiger partial charge in [0.05, 0.1) is 29.7 Å². The van der Waals surface area contributed by atoms with Crippen molar-refractivity contribution < 1.29 is 19.4 Å². The standard InChI is InChI=1S/C22H26N2O4S/c1-11(2)10-13-4-6-14(7-5-13)19-12(3)29-22(23-19)24-20(25)17-15-8-9-16(28-15)18(17)21(26)27/h4-7,11,15-18H,8-10H2,1-3H3,(H,26,27)(H,23,24,25)/t15-,16-,17-,18-/m1/s1. The van der Waals surface area contributed by atoms with E-state index in [1.54, 1.807) is 0 Å². The molecule has 7 heteroatoms. The van der Waals surface area contributed by atoms with Gasteiger partial charge in [-0.2, -0.15) is 0 Å². The summed E-state index contributed by atoms with van der Waals surface area (Å²) < 4.78 is 5.70. The average Bonchev–Trinajstić information content (AvgIpc) is 3.36. The van der Waals surface area contributed by atoms with Crippen molar-refractivity contribution in [3.05, 3.63) is 34.7 Å². The Labute approximate surface area is 174 Å². The summed E-state index contributed by atoms with van der Waals surface area (Å²) in [7, 11) is 0. The normalized spacial score (nSPS) is 25.5. The summed E-state index contributed by atoms with van der Waals surface area (Å²) in [6, 6.07) is 8.37. The highest BCUT2D eigenvalue weighted by atomic mass is 32.1. The molecule has 2 saturated heterocycles. The maximum atomic E-state index is 12.8. The number of carbonyl (C=O) groups excluding carboxylic acids is 1. The minimum absolute atomic E-state index is 0.308. The lowest BCUT2D eigenvalue weighted by Crippen LogP contribution is -2.40. The fourth-order valence-corrected chi connectivity index (χ4v) is 5.34. The van der Waals surface area contributed by atoms with E-state index in [-0.39, 0.29) is 18.1 Å². The third-order valence-electron chi connectivity index (χ3n) is 5.76. The number of thiazole rings is 1. The van der Waals surface area contributed by atoms with Gasteiger partial charge in [0.2, 0.25) is 5.91 Å². The van der Waals surface area contributed by atoms with Crippen molar-refractivity contribution >= 4 is 28.3 Å². The number of amides is 1. The Morgan fingerprint density at radius 1 is 1.21 bits per heavy atom. The number of aromatic nitrogens is 1. The lowest BCUT2D eigenvalue weighted by atomic mass is 9.79. The average molecular weight is 415 g/mol. The summed E-state index contributed by atoms with van der Waals surface area (Å²) in [5.74, 6) is -2.10. The van der Waals surface area contributed by atoms with Crippen LogP contribution in [-0.4, -0.2) is 34.2 Å². The summed E-state index contributed by atoms with van der Waals surface area (Å²) in [6.07, 6.45) is 1.81. The van der Waals surface area contributed by atoms with Crippen LogP contribution in [0.1, 0.15) is 37.1 Å². The number of carbonyl (C=O) groups is 2. The van der Waals surface area contributed by atoms with Gasteiger partial charge in [0, 0.05) is 10.4 Å². The van der Waals surface area contributed by atoms with Gasteiger partial charge < -0.3 is 15.2 Å². The van der Waals surface area contributed by atoms with E-state index < -0.39 is 17.8 Å². The second-order valence-corrected chi connectivity index (χ2v) is 9.59. The molecule has 154 valence electrons. The number of anilines is 1. The van der Waals surface area contributed by atoms with Crippen LogP contribution in [0.15, 0.2) is 24.3 Å². The molecule has 2 N–H and O–H groups in total. The molecule has 2 aromatic rings. The molecule has 3 heterocycles. The molecule has 0 spiro atoms. The molecular weight excluding hydrogens is 388 g/mol. The molecular formula is C22H26N2O4S. The van der Waals surface area contributed by atoms with Gasteiger partial charge in [0.15, 0.2) is 5.13 Å². The van der Waals surface area contributed by atoms with E-state index in [1.807, 2.05) is 6.92 Å². The molecule has 0 saturated carbocycles. The number of hydrogen-bond donors (Lipinski definition) is 2. The largest absolute Gasteiger partial charge is 0.481 e. The number of ether oxygens (including phenoxy) is 1. The second-order valence-electron chi connectivity index (χ2n) is 8.39. The van der Waals surface area contributed by atoms with Gasteiger partial charge >= 0.3 is 5.97 Å². The van der Waals surface area contributed by atoms with Gasteiger partial charge in [-0.25, -0.2) is 4.98 Å². The Bertz CT molecular complexity index is 921. The van der Waals surface area contributed by atoms with E-state index in [2.05, 4.69) is 48.4 Å². The smallest absolute Gasteiger partial charge is 0.310 e. The van der Waals surface area contributed by atoms with Crippen LogP contribution in [-0.2, 0) is 20.7 Å². The minimum Gasteiger partial charge on any atom is -0.481 e. The number of benzene rings is 1. The Kier molecular flexibility index (Phi) is 5.44. The second kappa shape index (κ2) is 7.88. The molecule has 2 aliphatic heterocycles.